The number of amides is 1. The van der Waals surface area contributed by atoms with E-state index in [2.05, 4.69) is 25.4 Å². The molecule has 0 unspecified atom stereocenters. The number of para-hydroxylation sites is 1. The van der Waals surface area contributed by atoms with Crippen molar-refractivity contribution in [2.45, 2.75) is 13.0 Å². The van der Waals surface area contributed by atoms with Crippen molar-refractivity contribution in [2.24, 2.45) is 0 Å². The molecule has 1 aromatic carbocycles. The second kappa shape index (κ2) is 7.20. The summed E-state index contributed by atoms with van der Waals surface area (Å²) >= 11 is 0. The van der Waals surface area contributed by atoms with E-state index in [4.69, 9.17) is 0 Å². The Balaban J connectivity index is 1.48. The van der Waals surface area contributed by atoms with Gasteiger partial charge in [0, 0.05) is 29.4 Å². The van der Waals surface area contributed by atoms with Crippen LogP contribution in [0.5, 0.6) is 0 Å². The maximum atomic E-state index is 12.4. The Morgan fingerprint density at radius 1 is 1.15 bits per heavy atom. The number of aromatic nitrogens is 5. The van der Waals surface area contributed by atoms with Gasteiger partial charge < -0.3 is 10.3 Å². The lowest BCUT2D eigenvalue weighted by atomic mass is 10.1. The highest BCUT2D eigenvalue weighted by molar-refractivity contribution is 5.82. The fraction of sp³-hybridized carbons (Fsp3) is 0.105. The third kappa shape index (κ3) is 3.59. The number of fused-ring (bicyclic) bond motifs is 1. The van der Waals surface area contributed by atoms with Crippen LogP contribution in [0.25, 0.3) is 16.7 Å². The first-order valence-electron chi connectivity index (χ1n) is 8.37. The first kappa shape index (κ1) is 16.6. The van der Waals surface area contributed by atoms with E-state index in [1.54, 1.807) is 24.7 Å². The van der Waals surface area contributed by atoms with Gasteiger partial charge >= 0.3 is 0 Å². The van der Waals surface area contributed by atoms with Gasteiger partial charge in [-0.05, 0) is 23.6 Å². The molecule has 0 fully saturated rings. The summed E-state index contributed by atoms with van der Waals surface area (Å²) in [5.74, 6) is 0.350. The minimum absolute atomic E-state index is 0.000904. The Morgan fingerprint density at radius 3 is 2.89 bits per heavy atom. The van der Waals surface area contributed by atoms with Gasteiger partial charge in [-0.2, -0.15) is 5.10 Å². The first-order chi connectivity index (χ1) is 13.2. The maximum absolute atomic E-state index is 12.4. The van der Waals surface area contributed by atoms with E-state index < -0.39 is 0 Å². The summed E-state index contributed by atoms with van der Waals surface area (Å²) in [6.07, 6.45) is 4.61. The number of carbonyl (C=O) groups excluding carboxylic acids is 1. The van der Waals surface area contributed by atoms with Crippen LogP contribution in [0.1, 0.15) is 11.1 Å². The fourth-order valence-corrected chi connectivity index (χ4v) is 2.85. The molecule has 8 nitrogen and oxygen atoms in total. The molecule has 27 heavy (non-hydrogen) atoms. The number of nitrogens with zero attached hydrogens (tertiary/aromatic N) is 4. The molecule has 0 spiro atoms. The van der Waals surface area contributed by atoms with Gasteiger partial charge in [-0.25, -0.2) is 14.6 Å². The van der Waals surface area contributed by atoms with Gasteiger partial charge in [0.25, 0.3) is 5.56 Å². The van der Waals surface area contributed by atoms with Crippen molar-refractivity contribution in [1.29, 1.82) is 0 Å². The number of nitrogens with one attached hydrogen (secondary N) is 2. The number of carbonyl (C=O) groups is 1. The summed E-state index contributed by atoms with van der Waals surface area (Å²) in [5.41, 5.74) is 1.71. The summed E-state index contributed by atoms with van der Waals surface area (Å²) < 4.78 is 1.54. The average molecular weight is 360 g/mol. The number of rotatable bonds is 5. The van der Waals surface area contributed by atoms with Gasteiger partial charge in [0.05, 0.1) is 6.42 Å². The summed E-state index contributed by atoms with van der Waals surface area (Å²) in [7, 11) is 0. The molecule has 1 amide bonds. The molecule has 0 bridgehead atoms. The minimum atomic E-state index is -0.256. The first-order valence-corrected chi connectivity index (χ1v) is 8.37. The highest BCUT2D eigenvalue weighted by Gasteiger charge is 2.11. The van der Waals surface area contributed by atoms with Gasteiger partial charge in [-0.1, -0.05) is 24.3 Å². The molecule has 0 saturated heterocycles. The summed E-state index contributed by atoms with van der Waals surface area (Å²) in [6, 6.07) is 12.9. The highest BCUT2D eigenvalue weighted by atomic mass is 16.2. The van der Waals surface area contributed by atoms with Gasteiger partial charge in [0.15, 0.2) is 5.82 Å². The van der Waals surface area contributed by atoms with E-state index in [9.17, 15) is 9.59 Å². The molecule has 0 aliphatic heterocycles. The van der Waals surface area contributed by atoms with Gasteiger partial charge in [-0.15, -0.1) is 0 Å². The molecule has 4 aromatic rings. The van der Waals surface area contributed by atoms with Crippen molar-refractivity contribution in [3.8, 4) is 5.82 Å². The van der Waals surface area contributed by atoms with Crippen LogP contribution in [0, 0.1) is 0 Å². The molecule has 0 atom stereocenters. The Morgan fingerprint density at radius 2 is 2.04 bits per heavy atom. The highest BCUT2D eigenvalue weighted by Crippen LogP contribution is 2.11. The van der Waals surface area contributed by atoms with Crippen molar-refractivity contribution in [3.05, 3.63) is 82.8 Å². The number of pyridine rings is 2. The van der Waals surface area contributed by atoms with E-state index in [1.807, 2.05) is 30.3 Å². The van der Waals surface area contributed by atoms with Crippen LogP contribution in [0.4, 0.5) is 0 Å². The van der Waals surface area contributed by atoms with Gasteiger partial charge in [0.2, 0.25) is 5.91 Å². The van der Waals surface area contributed by atoms with Crippen molar-refractivity contribution < 1.29 is 4.79 Å². The van der Waals surface area contributed by atoms with Crippen LogP contribution in [0.3, 0.4) is 0 Å². The van der Waals surface area contributed by atoms with Gasteiger partial charge in [-0.3, -0.25) is 9.59 Å². The number of benzene rings is 1. The van der Waals surface area contributed by atoms with Crippen LogP contribution in [-0.4, -0.2) is 30.6 Å². The van der Waals surface area contributed by atoms with E-state index >= 15 is 0 Å². The van der Waals surface area contributed by atoms with Crippen LogP contribution in [0.2, 0.25) is 0 Å². The molecule has 0 aliphatic carbocycles. The van der Waals surface area contributed by atoms with E-state index in [0.29, 0.717) is 11.4 Å². The zero-order valence-corrected chi connectivity index (χ0v) is 14.3. The van der Waals surface area contributed by atoms with Crippen LogP contribution in [0.15, 0.2) is 66.1 Å². The molecule has 0 saturated carbocycles. The second-order valence-corrected chi connectivity index (χ2v) is 5.99. The zero-order valence-electron chi connectivity index (χ0n) is 14.3. The standard InChI is InChI=1S/C19H16N6O2/c26-17(9-15-8-13-4-1-2-6-16(13)24-19(15)27)22-10-14-5-3-7-21-18(14)25-12-20-11-23-25/h1-8,11-12H,9-10H2,(H,22,26)(H,24,27). The van der Waals surface area contributed by atoms with Crippen molar-refractivity contribution >= 4 is 16.8 Å². The summed E-state index contributed by atoms with van der Waals surface area (Å²) in [4.78, 5) is 35.5. The molecule has 3 aromatic heterocycles. The number of H-pyrrole nitrogens is 1. The van der Waals surface area contributed by atoms with E-state index in [-0.39, 0.29) is 24.4 Å². The van der Waals surface area contributed by atoms with Crippen LogP contribution >= 0.6 is 0 Å². The molecule has 3 heterocycles. The van der Waals surface area contributed by atoms with E-state index in [1.165, 1.54) is 11.0 Å². The Bertz CT molecular complexity index is 1150. The SMILES string of the molecule is O=C(Cc1cc2ccccc2[nH]c1=O)NCc1cccnc1-n1cncn1. The quantitative estimate of drug-likeness (QED) is 0.559. The second-order valence-electron chi connectivity index (χ2n) is 5.99. The lowest BCUT2D eigenvalue weighted by molar-refractivity contribution is -0.120. The largest absolute Gasteiger partial charge is 0.352 e. The molecule has 4 rings (SSSR count). The third-order valence-corrected chi connectivity index (χ3v) is 4.16. The molecule has 0 radical (unpaired) electrons. The smallest absolute Gasteiger partial charge is 0.252 e. The Hall–Kier alpha value is -3.81. The maximum Gasteiger partial charge on any atom is 0.252 e. The molecule has 2 N–H and O–H groups in total. The molecular formula is C19H16N6O2. The Labute approximate surface area is 153 Å². The van der Waals surface area contributed by atoms with Crippen molar-refractivity contribution in [1.82, 2.24) is 30.0 Å². The summed E-state index contributed by atoms with van der Waals surface area (Å²) in [6.45, 7) is 0.271. The molecule has 8 heteroatoms. The molecule has 0 aliphatic rings. The monoisotopic (exact) mass is 360 g/mol. The summed E-state index contributed by atoms with van der Waals surface area (Å²) in [5, 5.41) is 7.79. The number of aromatic amines is 1. The van der Waals surface area contributed by atoms with Gasteiger partial charge in [0.1, 0.15) is 12.7 Å². The zero-order chi connectivity index (χ0) is 18.6. The van der Waals surface area contributed by atoms with Crippen LogP contribution in [-0.2, 0) is 17.8 Å². The number of hydrogen-bond donors (Lipinski definition) is 2. The van der Waals surface area contributed by atoms with E-state index in [0.717, 1.165) is 16.5 Å². The molecular weight excluding hydrogens is 344 g/mol. The third-order valence-electron chi connectivity index (χ3n) is 4.16. The lowest BCUT2D eigenvalue weighted by Gasteiger charge is -2.09. The predicted molar refractivity (Wildman–Crippen MR) is 99.3 cm³/mol. The molecule has 134 valence electrons. The van der Waals surface area contributed by atoms with Crippen molar-refractivity contribution in [3.63, 3.8) is 0 Å². The average Bonchev–Trinajstić information content (AvgIpc) is 3.22. The topological polar surface area (TPSA) is 106 Å². The lowest BCUT2D eigenvalue weighted by Crippen LogP contribution is -2.28. The predicted octanol–water partition coefficient (Wildman–Crippen LogP) is 1.36. The van der Waals surface area contributed by atoms with Crippen LogP contribution < -0.4 is 10.9 Å². The number of hydrogen-bond acceptors (Lipinski definition) is 5. The fourth-order valence-electron chi connectivity index (χ4n) is 2.85. The minimum Gasteiger partial charge on any atom is -0.352 e. The van der Waals surface area contributed by atoms with Crippen molar-refractivity contribution in [2.75, 3.05) is 0 Å². The Kier molecular flexibility index (Phi) is 4.44. The normalized spacial score (nSPS) is 10.8.